The van der Waals surface area contributed by atoms with Crippen LogP contribution in [0.4, 0.5) is 0 Å². The van der Waals surface area contributed by atoms with Crippen molar-refractivity contribution in [3.05, 3.63) is 339 Å². The zero-order chi connectivity index (χ0) is 59.7. The summed E-state index contributed by atoms with van der Waals surface area (Å²) in [4.78, 5) is 0. The van der Waals surface area contributed by atoms with Crippen molar-refractivity contribution in [1.29, 1.82) is 0 Å². The van der Waals surface area contributed by atoms with Gasteiger partial charge in [-0.3, -0.25) is 0 Å². The lowest BCUT2D eigenvalue weighted by molar-refractivity contribution is 1.18. The number of nitrogens with zero attached hydrogens (tertiary/aromatic N) is 2. The van der Waals surface area contributed by atoms with Crippen LogP contribution < -0.4 is 0 Å². The summed E-state index contributed by atoms with van der Waals surface area (Å²) >= 11 is 0. The summed E-state index contributed by atoms with van der Waals surface area (Å²) in [7, 11) is 0. The molecule has 18 aromatic rings. The lowest BCUT2D eigenvalue weighted by Gasteiger charge is -2.12. The minimum Gasteiger partial charge on any atom is -0.309 e. The van der Waals surface area contributed by atoms with Gasteiger partial charge in [-0.15, -0.1) is 0 Å². The van der Waals surface area contributed by atoms with E-state index in [1.807, 2.05) is 0 Å². The quantitative estimate of drug-likeness (QED) is 0.144. The highest BCUT2D eigenvalue weighted by Crippen LogP contribution is 2.44. The van der Waals surface area contributed by atoms with Crippen molar-refractivity contribution in [2.24, 2.45) is 0 Å². The number of hydrogen-bond acceptors (Lipinski definition) is 0. The van der Waals surface area contributed by atoms with Crippen LogP contribution in [0.3, 0.4) is 0 Å². The van der Waals surface area contributed by atoms with Gasteiger partial charge in [0.25, 0.3) is 0 Å². The molecule has 0 fully saturated rings. The SMILES string of the molecule is c1ccc2cc(-c3ccc4c(c3)c3cc(-c5ccc6ccccc6c5)ccc3n4-c3ccc(-c4ccc5c(c4)-c4cc(-c6ccc(-n7c8ccc(-c9ccc%10ccccc%10c9)cc8c8cc(-c9ccc%10ccccc%10c9)ccc87)cc6)ccc4C5)cc3)ccc2c1. The smallest absolute Gasteiger partial charge is 0.0541 e. The van der Waals surface area contributed by atoms with Crippen LogP contribution in [0.15, 0.2) is 328 Å². The van der Waals surface area contributed by atoms with Gasteiger partial charge >= 0.3 is 0 Å². The number of benzene rings is 16. The summed E-state index contributed by atoms with van der Waals surface area (Å²) < 4.78 is 4.90. The average molecular weight is 1150 g/mol. The number of aromatic nitrogens is 2. The Labute approximate surface area is 527 Å². The highest BCUT2D eigenvalue weighted by Gasteiger charge is 2.22. The fourth-order valence-electron chi connectivity index (χ4n) is 14.9. The molecule has 91 heavy (non-hydrogen) atoms. The Bertz CT molecular complexity index is 5390. The summed E-state index contributed by atoms with van der Waals surface area (Å²) in [5, 5.41) is 14.9. The van der Waals surface area contributed by atoms with E-state index < -0.39 is 0 Å². The molecule has 0 radical (unpaired) electrons. The summed E-state index contributed by atoms with van der Waals surface area (Å²) in [5.74, 6) is 0. The van der Waals surface area contributed by atoms with Crippen molar-refractivity contribution in [3.8, 4) is 89.3 Å². The van der Waals surface area contributed by atoms with Crippen LogP contribution in [0, 0.1) is 0 Å². The number of rotatable bonds is 8. The Morgan fingerprint density at radius 1 is 0.176 bits per heavy atom. The Morgan fingerprint density at radius 2 is 0.407 bits per heavy atom. The Hall–Kier alpha value is -11.8. The molecule has 1 aliphatic rings. The monoisotopic (exact) mass is 1150 g/mol. The molecule has 0 unspecified atom stereocenters. The lowest BCUT2D eigenvalue weighted by Crippen LogP contribution is -1.94. The molecular weight excluding hydrogens is 1100 g/mol. The molecule has 2 aromatic heterocycles. The third kappa shape index (κ3) is 8.56. The summed E-state index contributed by atoms with van der Waals surface area (Å²) in [6.07, 6.45) is 0.932. The van der Waals surface area contributed by atoms with E-state index in [2.05, 4.69) is 337 Å². The third-order valence-electron chi connectivity index (χ3n) is 19.7. The van der Waals surface area contributed by atoms with Crippen LogP contribution in [-0.4, -0.2) is 9.13 Å². The van der Waals surface area contributed by atoms with Crippen molar-refractivity contribution < 1.29 is 0 Å². The molecule has 16 aromatic carbocycles. The summed E-state index contributed by atoms with van der Waals surface area (Å²) in [6.45, 7) is 0. The van der Waals surface area contributed by atoms with E-state index in [9.17, 15) is 0 Å². The zero-order valence-corrected chi connectivity index (χ0v) is 49.8. The highest BCUT2D eigenvalue weighted by atomic mass is 15.0. The molecule has 2 nitrogen and oxygen atoms in total. The van der Waals surface area contributed by atoms with Crippen molar-refractivity contribution in [2.45, 2.75) is 6.42 Å². The van der Waals surface area contributed by atoms with E-state index in [0.29, 0.717) is 0 Å². The number of fused-ring (bicyclic) bond motifs is 13. The Morgan fingerprint density at radius 3 is 0.703 bits per heavy atom. The van der Waals surface area contributed by atoms with E-state index in [0.717, 1.165) is 17.8 Å². The van der Waals surface area contributed by atoms with Gasteiger partial charge < -0.3 is 9.13 Å². The van der Waals surface area contributed by atoms with Crippen LogP contribution in [0.2, 0.25) is 0 Å². The fourth-order valence-corrected chi connectivity index (χ4v) is 14.9. The van der Waals surface area contributed by atoms with Gasteiger partial charge in [0.1, 0.15) is 0 Å². The molecule has 0 saturated heterocycles. The second-order valence-electron chi connectivity index (χ2n) is 24.9. The van der Waals surface area contributed by atoms with Crippen LogP contribution in [0.5, 0.6) is 0 Å². The predicted molar refractivity (Wildman–Crippen MR) is 386 cm³/mol. The van der Waals surface area contributed by atoms with Gasteiger partial charge in [-0.05, 0) is 248 Å². The highest BCUT2D eigenvalue weighted by molar-refractivity contribution is 6.14. The largest absolute Gasteiger partial charge is 0.309 e. The molecule has 0 spiro atoms. The molecular formula is C89H56N2. The second kappa shape index (κ2) is 20.4. The van der Waals surface area contributed by atoms with Gasteiger partial charge in [0.15, 0.2) is 0 Å². The van der Waals surface area contributed by atoms with Crippen LogP contribution >= 0.6 is 0 Å². The van der Waals surface area contributed by atoms with Gasteiger partial charge in [-0.2, -0.15) is 0 Å². The molecule has 0 saturated carbocycles. The van der Waals surface area contributed by atoms with Crippen molar-refractivity contribution in [2.75, 3.05) is 0 Å². The Balaban J connectivity index is 0.652. The molecule has 19 rings (SSSR count). The average Bonchev–Trinajstić information content (AvgIpc) is 1.69. The first-order valence-corrected chi connectivity index (χ1v) is 31.6. The normalized spacial score (nSPS) is 12.1. The van der Waals surface area contributed by atoms with Crippen LogP contribution in [-0.2, 0) is 6.42 Å². The van der Waals surface area contributed by atoms with Crippen molar-refractivity contribution in [1.82, 2.24) is 9.13 Å². The minimum absolute atomic E-state index is 0.932. The maximum atomic E-state index is 2.45. The minimum atomic E-state index is 0.932. The Kier molecular flexibility index (Phi) is 11.5. The molecule has 1 aliphatic carbocycles. The van der Waals surface area contributed by atoms with Gasteiger partial charge in [0, 0.05) is 32.9 Å². The van der Waals surface area contributed by atoms with E-state index in [1.54, 1.807) is 0 Å². The second-order valence-corrected chi connectivity index (χ2v) is 24.9. The van der Waals surface area contributed by atoms with E-state index in [-0.39, 0.29) is 0 Å². The fraction of sp³-hybridized carbons (Fsp3) is 0.0112. The van der Waals surface area contributed by atoms with Crippen LogP contribution in [0.1, 0.15) is 11.1 Å². The van der Waals surface area contributed by atoms with Crippen molar-refractivity contribution >= 4 is 86.7 Å². The van der Waals surface area contributed by atoms with Crippen molar-refractivity contribution in [3.63, 3.8) is 0 Å². The van der Waals surface area contributed by atoms with Gasteiger partial charge in [0.2, 0.25) is 0 Å². The molecule has 422 valence electrons. The standard InChI is InChI=1S/C89H56N2/c1-5-13-62-45-66(21-17-56(62)9-1)72-33-41-86-82(52-72)83-53-73(67-22-18-57-10-2-6-14-63(57)46-67)34-42-87(83)90(86)78-37-29-60(30-38-78)70-25-27-76-49-77-28-26-71(51-81(77)80(76)50-70)61-31-39-79(40-32-61)91-88-43-35-74(68-23-19-58-11-3-7-15-64(58)47-68)54-84(88)85-55-75(36-44-89(85)91)69-24-20-59-12-4-8-16-65(59)48-69/h1-48,50-55H,49H2. The molecule has 2 heterocycles. The van der Waals surface area contributed by atoms with E-state index in [4.69, 9.17) is 0 Å². The lowest BCUT2D eigenvalue weighted by atomic mass is 9.96. The first kappa shape index (κ1) is 51.2. The molecule has 0 amide bonds. The molecule has 0 N–H and O–H groups in total. The summed E-state index contributed by atoms with van der Waals surface area (Å²) in [5.41, 5.74) is 27.0. The summed E-state index contributed by atoms with van der Waals surface area (Å²) in [6, 6.07) is 122. The first-order valence-electron chi connectivity index (χ1n) is 31.6. The van der Waals surface area contributed by atoms with Gasteiger partial charge in [-0.25, -0.2) is 0 Å². The van der Waals surface area contributed by atoms with Gasteiger partial charge in [0.05, 0.1) is 22.1 Å². The van der Waals surface area contributed by atoms with Gasteiger partial charge in [-0.1, -0.05) is 218 Å². The maximum Gasteiger partial charge on any atom is 0.0541 e. The predicted octanol–water partition coefficient (Wildman–Crippen LogP) is 24.1. The molecule has 0 bridgehead atoms. The maximum absolute atomic E-state index is 2.45. The number of hydrogen-bond donors (Lipinski definition) is 0. The molecule has 0 aliphatic heterocycles. The van der Waals surface area contributed by atoms with Crippen LogP contribution in [0.25, 0.3) is 176 Å². The zero-order valence-electron chi connectivity index (χ0n) is 49.8. The third-order valence-corrected chi connectivity index (χ3v) is 19.7. The molecule has 2 heteroatoms. The van der Waals surface area contributed by atoms with E-state index >= 15 is 0 Å². The first-order chi connectivity index (χ1) is 45.0. The topological polar surface area (TPSA) is 9.86 Å². The molecule has 0 atom stereocenters. The van der Waals surface area contributed by atoms with E-state index in [1.165, 1.54) is 176 Å².